The number of nitrogen functional groups attached to an aromatic ring is 2. The molecule has 2 heterocycles. The van der Waals surface area contributed by atoms with Gasteiger partial charge in [0.25, 0.3) is 5.56 Å². The second-order valence-electron chi connectivity index (χ2n) is 6.74. The van der Waals surface area contributed by atoms with Gasteiger partial charge in [0.15, 0.2) is 5.82 Å². The van der Waals surface area contributed by atoms with Gasteiger partial charge in [-0.3, -0.25) is 9.36 Å². The van der Waals surface area contributed by atoms with Crippen LogP contribution < -0.4 is 22.3 Å². The summed E-state index contributed by atoms with van der Waals surface area (Å²) in [6, 6.07) is 14.2. The van der Waals surface area contributed by atoms with E-state index < -0.39 is 0 Å². The molecular weight excluding hydrogens is 451 g/mol. The van der Waals surface area contributed by atoms with Gasteiger partial charge in [0.2, 0.25) is 5.95 Å². The van der Waals surface area contributed by atoms with Crippen molar-refractivity contribution >= 4 is 51.7 Å². The van der Waals surface area contributed by atoms with Crippen molar-refractivity contribution in [2.45, 2.75) is 6.42 Å². The summed E-state index contributed by atoms with van der Waals surface area (Å²) in [5.74, 6) is 0.566. The van der Waals surface area contributed by atoms with Crippen molar-refractivity contribution in [2.75, 3.05) is 23.3 Å². The molecule has 9 nitrogen and oxygen atoms in total. The lowest BCUT2D eigenvalue weighted by Crippen LogP contribution is -2.26. The number of hydrogen-bond acceptors (Lipinski definition) is 8. The Hall–Kier alpha value is -3.87. The Kier molecular flexibility index (Phi) is 5.81. The van der Waals surface area contributed by atoms with E-state index in [-0.39, 0.29) is 52.1 Å². The van der Waals surface area contributed by atoms with Gasteiger partial charge in [-0.25, -0.2) is 4.98 Å². The van der Waals surface area contributed by atoms with E-state index in [9.17, 15) is 10.1 Å². The van der Waals surface area contributed by atoms with E-state index >= 15 is 0 Å². The second-order valence-corrected chi connectivity index (χ2v) is 7.55. The molecule has 2 aromatic carbocycles. The first-order valence-corrected chi connectivity index (χ1v) is 10.2. The zero-order valence-corrected chi connectivity index (χ0v) is 18.0. The summed E-state index contributed by atoms with van der Waals surface area (Å²) in [5, 5.41) is 13.2. The minimum Gasteiger partial charge on any atom is -0.382 e. The Labute approximate surface area is 192 Å². The summed E-state index contributed by atoms with van der Waals surface area (Å²) in [4.78, 5) is 25.9. The van der Waals surface area contributed by atoms with E-state index in [4.69, 9.17) is 34.7 Å². The Morgan fingerprint density at radius 1 is 1.03 bits per heavy atom. The first kappa shape index (κ1) is 21.4. The molecule has 0 spiro atoms. The molecule has 0 atom stereocenters. The van der Waals surface area contributed by atoms with Crippen molar-refractivity contribution in [3.63, 3.8) is 0 Å². The molecule has 0 fully saturated rings. The molecule has 0 aliphatic rings. The Bertz CT molecular complexity index is 1430. The number of aromatic nitrogens is 4. The van der Waals surface area contributed by atoms with Crippen molar-refractivity contribution in [3.05, 3.63) is 74.3 Å². The average molecular weight is 467 g/mol. The van der Waals surface area contributed by atoms with Gasteiger partial charge in [-0.05, 0) is 24.3 Å². The van der Waals surface area contributed by atoms with Crippen LogP contribution in [0.3, 0.4) is 0 Å². The maximum absolute atomic E-state index is 13.4. The van der Waals surface area contributed by atoms with Crippen LogP contribution in [0.1, 0.15) is 11.4 Å². The molecule has 0 amide bonds. The normalized spacial score (nSPS) is 10.8. The molecule has 160 valence electrons. The highest BCUT2D eigenvalue weighted by Gasteiger charge is 2.17. The van der Waals surface area contributed by atoms with E-state index in [1.165, 1.54) is 4.57 Å². The average Bonchev–Trinajstić information content (AvgIpc) is 2.76. The first-order chi connectivity index (χ1) is 15.4. The minimum atomic E-state index is -0.336. The third-order valence-electron chi connectivity index (χ3n) is 4.72. The fourth-order valence-corrected chi connectivity index (χ4v) is 3.73. The third-order valence-corrected chi connectivity index (χ3v) is 5.34. The fourth-order valence-electron chi connectivity index (χ4n) is 3.30. The molecule has 32 heavy (non-hydrogen) atoms. The van der Waals surface area contributed by atoms with Crippen LogP contribution in [0.5, 0.6) is 0 Å². The molecule has 0 saturated carbocycles. The number of para-hydroxylation sites is 1. The smallest absolute Gasteiger partial charge is 0.267 e. The van der Waals surface area contributed by atoms with Gasteiger partial charge in [0.1, 0.15) is 23.3 Å². The molecule has 0 bridgehead atoms. The van der Waals surface area contributed by atoms with E-state index in [0.717, 1.165) is 0 Å². The van der Waals surface area contributed by atoms with Crippen LogP contribution in [0.15, 0.2) is 47.3 Å². The fraction of sp³-hybridized carbons (Fsp3) is 0.0952. The molecule has 5 N–H and O–H groups in total. The number of benzene rings is 2. The van der Waals surface area contributed by atoms with Gasteiger partial charge in [-0.1, -0.05) is 41.4 Å². The van der Waals surface area contributed by atoms with Crippen LogP contribution in [0.2, 0.25) is 10.0 Å². The highest BCUT2D eigenvalue weighted by Crippen LogP contribution is 2.27. The number of nitrogens with one attached hydrogen (secondary N) is 1. The first-order valence-electron chi connectivity index (χ1n) is 9.42. The predicted molar refractivity (Wildman–Crippen MR) is 125 cm³/mol. The van der Waals surface area contributed by atoms with Crippen LogP contribution in [-0.2, 0) is 6.42 Å². The van der Waals surface area contributed by atoms with Crippen molar-refractivity contribution < 1.29 is 0 Å². The van der Waals surface area contributed by atoms with Gasteiger partial charge in [-0.2, -0.15) is 15.2 Å². The SMILES string of the molecule is N#Cc1c(N)nc(N)nc1NCCc1nc2c(Cl)ccc(Cl)c2c(=O)n1-c1ccccc1. The number of nitrogens with zero attached hydrogens (tertiary/aromatic N) is 5. The molecule has 2 aromatic heterocycles. The van der Waals surface area contributed by atoms with E-state index in [1.807, 2.05) is 24.3 Å². The van der Waals surface area contributed by atoms with Crippen LogP contribution >= 0.6 is 23.2 Å². The lowest BCUT2D eigenvalue weighted by Gasteiger charge is -2.15. The van der Waals surface area contributed by atoms with Crippen molar-refractivity contribution in [3.8, 4) is 11.8 Å². The third kappa shape index (κ3) is 3.89. The summed E-state index contributed by atoms with van der Waals surface area (Å²) >= 11 is 12.6. The maximum Gasteiger partial charge on any atom is 0.267 e. The second kappa shape index (κ2) is 8.70. The lowest BCUT2D eigenvalue weighted by atomic mass is 10.2. The summed E-state index contributed by atoms with van der Waals surface area (Å²) in [5.41, 5.74) is 12.1. The monoisotopic (exact) mass is 466 g/mol. The molecule has 11 heteroatoms. The van der Waals surface area contributed by atoms with Gasteiger partial charge >= 0.3 is 0 Å². The number of anilines is 3. The molecule has 0 aliphatic carbocycles. The van der Waals surface area contributed by atoms with Crippen molar-refractivity contribution in [1.82, 2.24) is 19.5 Å². The molecule has 0 saturated heterocycles. The summed E-state index contributed by atoms with van der Waals surface area (Å²) in [6.07, 6.45) is 0.289. The molecule has 4 rings (SSSR count). The van der Waals surface area contributed by atoms with Gasteiger partial charge in [0.05, 0.1) is 26.6 Å². The number of rotatable bonds is 5. The lowest BCUT2D eigenvalue weighted by molar-refractivity contribution is 0.809. The van der Waals surface area contributed by atoms with Crippen molar-refractivity contribution in [1.29, 1.82) is 5.26 Å². The maximum atomic E-state index is 13.4. The number of fused-ring (bicyclic) bond motifs is 1. The molecular formula is C21H16Cl2N8O. The Morgan fingerprint density at radius 3 is 2.47 bits per heavy atom. The van der Waals surface area contributed by atoms with Gasteiger partial charge in [0, 0.05) is 13.0 Å². The van der Waals surface area contributed by atoms with Gasteiger partial charge in [-0.15, -0.1) is 0 Å². The number of nitrogens with two attached hydrogens (primary N) is 2. The molecule has 0 radical (unpaired) electrons. The van der Waals surface area contributed by atoms with Crippen LogP contribution in [0.25, 0.3) is 16.6 Å². The minimum absolute atomic E-state index is 0.0195. The molecule has 0 unspecified atom stereocenters. The number of hydrogen-bond donors (Lipinski definition) is 3. The summed E-state index contributed by atoms with van der Waals surface area (Å²) in [6.45, 7) is 0.271. The van der Waals surface area contributed by atoms with E-state index in [2.05, 4.69) is 20.3 Å². The predicted octanol–water partition coefficient (Wildman–Crippen LogP) is 3.17. The zero-order valence-electron chi connectivity index (χ0n) is 16.5. The largest absolute Gasteiger partial charge is 0.382 e. The van der Waals surface area contributed by atoms with Crippen LogP contribution in [-0.4, -0.2) is 26.1 Å². The molecule has 0 aliphatic heterocycles. The molecule has 4 aromatic rings. The zero-order chi connectivity index (χ0) is 22.8. The standard InChI is InChI=1S/C21H16Cl2N8O/c22-13-6-7-14(23)17-16(13)20(32)31(11-4-2-1-3-5-11)15(28-17)8-9-27-19-12(10-24)18(25)29-21(26)30-19/h1-7H,8-9H2,(H5,25,26,27,29,30). The van der Waals surface area contributed by atoms with Gasteiger partial charge < -0.3 is 16.8 Å². The topological polar surface area (TPSA) is 149 Å². The Balaban J connectivity index is 1.78. The summed E-state index contributed by atoms with van der Waals surface area (Å²) < 4.78 is 1.49. The van der Waals surface area contributed by atoms with Crippen LogP contribution in [0, 0.1) is 11.3 Å². The number of halogens is 2. The van der Waals surface area contributed by atoms with Crippen LogP contribution in [0.4, 0.5) is 17.6 Å². The highest BCUT2D eigenvalue weighted by molar-refractivity contribution is 6.39. The quantitative estimate of drug-likeness (QED) is 0.405. The summed E-state index contributed by atoms with van der Waals surface area (Å²) in [7, 11) is 0. The number of nitriles is 1. The Morgan fingerprint density at radius 2 is 1.75 bits per heavy atom. The van der Waals surface area contributed by atoms with E-state index in [1.54, 1.807) is 24.3 Å². The van der Waals surface area contributed by atoms with E-state index in [0.29, 0.717) is 22.1 Å². The van der Waals surface area contributed by atoms with Crippen molar-refractivity contribution in [2.24, 2.45) is 0 Å². The highest BCUT2D eigenvalue weighted by atomic mass is 35.5.